The largest absolute Gasteiger partial charge is 0.426 e. The van der Waals surface area contributed by atoms with E-state index in [1.54, 1.807) is 18.2 Å². The Morgan fingerprint density at radius 2 is 1.76 bits per heavy atom. The van der Waals surface area contributed by atoms with E-state index in [-0.39, 0.29) is 28.8 Å². The van der Waals surface area contributed by atoms with Gasteiger partial charge in [-0.15, -0.1) is 0 Å². The van der Waals surface area contributed by atoms with Gasteiger partial charge in [0.25, 0.3) is 0 Å². The lowest BCUT2D eigenvalue weighted by atomic mass is 9.60. The molecule has 0 amide bonds. The Morgan fingerprint density at radius 1 is 1.07 bits per heavy atom. The van der Waals surface area contributed by atoms with Crippen molar-refractivity contribution in [1.82, 2.24) is 5.32 Å². The maximum atomic E-state index is 14.6. The summed E-state index contributed by atoms with van der Waals surface area (Å²) in [5, 5.41) is 3.56. The average Bonchev–Trinajstić information content (AvgIpc) is 2.99. The van der Waals surface area contributed by atoms with Crippen LogP contribution < -0.4 is 5.32 Å². The molecule has 2 aliphatic rings. The van der Waals surface area contributed by atoms with Gasteiger partial charge in [0.1, 0.15) is 5.82 Å². The fourth-order valence-electron chi connectivity index (χ4n) is 5.18. The summed E-state index contributed by atoms with van der Waals surface area (Å²) in [5.41, 5.74) is -1.30. The molecule has 1 heterocycles. The highest BCUT2D eigenvalue weighted by Crippen LogP contribution is 2.50. The van der Waals surface area contributed by atoms with Crippen LogP contribution in [0.15, 0.2) is 42.5 Å². The van der Waals surface area contributed by atoms with Crippen LogP contribution in [0.25, 0.3) is 0 Å². The van der Waals surface area contributed by atoms with Crippen molar-refractivity contribution in [1.29, 1.82) is 0 Å². The van der Waals surface area contributed by atoms with Crippen LogP contribution in [-0.2, 0) is 23.9 Å². The van der Waals surface area contributed by atoms with Gasteiger partial charge >= 0.3 is 6.18 Å². The summed E-state index contributed by atoms with van der Waals surface area (Å²) in [6.45, 7) is 3.51. The van der Waals surface area contributed by atoms with E-state index in [4.69, 9.17) is 0 Å². The third kappa shape index (κ3) is 3.16. The lowest BCUT2D eigenvalue weighted by Crippen LogP contribution is -2.48. The van der Waals surface area contributed by atoms with Crippen molar-refractivity contribution in [2.45, 2.75) is 56.4 Å². The van der Waals surface area contributed by atoms with Gasteiger partial charge in [0.15, 0.2) is 0 Å². The van der Waals surface area contributed by atoms with Crippen molar-refractivity contribution in [3.05, 3.63) is 70.5 Å². The van der Waals surface area contributed by atoms with E-state index < -0.39 is 11.8 Å². The van der Waals surface area contributed by atoms with E-state index in [2.05, 4.69) is 12.2 Å². The molecule has 6 heteroatoms. The molecule has 1 saturated heterocycles. The Labute approximate surface area is 167 Å². The lowest BCUT2D eigenvalue weighted by Gasteiger charge is -2.44. The zero-order valence-corrected chi connectivity index (χ0v) is 16.4. The van der Waals surface area contributed by atoms with E-state index >= 15 is 0 Å². The van der Waals surface area contributed by atoms with Crippen LogP contribution in [0.3, 0.4) is 0 Å². The van der Waals surface area contributed by atoms with E-state index in [1.807, 2.05) is 0 Å². The summed E-state index contributed by atoms with van der Waals surface area (Å²) in [5.74, 6) is -0.0645. The maximum Gasteiger partial charge on any atom is 0.426 e. The molecule has 1 N–H and O–H groups in total. The Kier molecular flexibility index (Phi) is 4.76. The number of benzene rings is 2. The third-order valence-electron chi connectivity index (χ3n) is 6.97. The zero-order chi connectivity index (χ0) is 21.0. The van der Waals surface area contributed by atoms with Crippen LogP contribution in [0.2, 0.25) is 0 Å². The molecule has 0 saturated carbocycles. The van der Waals surface area contributed by atoms with Gasteiger partial charge in [0.2, 0.25) is 5.67 Å². The number of rotatable bonds is 3. The Morgan fingerprint density at radius 3 is 2.41 bits per heavy atom. The zero-order valence-electron chi connectivity index (χ0n) is 16.4. The first-order chi connectivity index (χ1) is 13.6. The molecule has 0 radical (unpaired) electrons. The molecule has 4 atom stereocenters. The van der Waals surface area contributed by atoms with Crippen molar-refractivity contribution in [3.63, 3.8) is 0 Å². The van der Waals surface area contributed by atoms with E-state index in [9.17, 15) is 22.0 Å². The molecule has 0 bridgehead atoms. The second kappa shape index (κ2) is 6.79. The minimum atomic E-state index is -4.97. The molecule has 1 aliphatic heterocycles. The van der Waals surface area contributed by atoms with Gasteiger partial charge in [-0.2, -0.15) is 13.2 Å². The highest BCUT2D eigenvalue weighted by molar-refractivity contribution is 5.46. The van der Waals surface area contributed by atoms with Crippen molar-refractivity contribution in [2.75, 3.05) is 6.54 Å². The van der Waals surface area contributed by atoms with Gasteiger partial charge in [-0.3, -0.25) is 0 Å². The Hall–Kier alpha value is -1.95. The molecule has 29 heavy (non-hydrogen) atoms. The van der Waals surface area contributed by atoms with Gasteiger partial charge in [-0.05, 0) is 73.0 Å². The van der Waals surface area contributed by atoms with Crippen molar-refractivity contribution in [2.24, 2.45) is 5.92 Å². The molecule has 156 valence electrons. The Balaban J connectivity index is 1.80. The predicted molar refractivity (Wildman–Crippen MR) is 102 cm³/mol. The summed E-state index contributed by atoms with van der Waals surface area (Å²) in [7, 11) is 0. The SMILES string of the molecule is C[C@@H]1CNC2CCc3cc(C(C)(F)C(F)(F)F)ccc3C21Cc1ccc(F)cc1. The highest BCUT2D eigenvalue weighted by atomic mass is 19.4. The first kappa shape index (κ1) is 20.3. The molecular formula is C23H24F5N. The van der Waals surface area contributed by atoms with Crippen LogP contribution in [0.4, 0.5) is 22.0 Å². The molecular weight excluding hydrogens is 385 g/mol. The minimum absolute atomic E-state index is 0.181. The van der Waals surface area contributed by atoms with Crippen LogP contribution in [0.5, 0.6) is 0 Å². The first-order valence-electron chi connectivity index (χ1n) is 9.93. The summed E-state index contributed by atoms with van der Waals surface area (Å²) in [4.78, 5) is 0. The Bertz CT molecular complexity index is 902. The van der Waals surface area contributed by atoms with Crippen LogP contribution in [0.1, 0.15) is 42.5 Å². The molecule has 4 rings (SSSR count). The number of hydrogen-bond acceptors (Lipinski definition) is 1. The van der Waals surface area contributed by atoms with Gasteiger partial charge in [-0.1, -0.05) is 37.3 Å². The third-order valence-corrected chi connectivity index (χ3v) is 6.97. The normalized spacial score (nSPS) is 28.5. The van der Waals surface area contributed by atoms with Gasteiger partial charge in [0.05, 0.1) is 0 Å². The monoisotopic (exact) mass is 409 g/mol. The number of nitrogens with one attached hydrogen (secondary N) is 1. The summed E-state index contributed by atoms with van der Waals surface area (Å²) < 4.78 is 67.5. The molecule has 2 aromatic rings. The van der Waals surface area contributed by atoms with Crippen molar-refractivity contribution >= 4 is 0 Å². The number of alkyl halides is 4. The molecule has 1 nitrogen and oxygen atoms in total. The number of hydrogen-bond donors (Lipinski definition) is 1. The molecule has 3 unspecified atom stereocenters. The first-order valence-corrected chi connectivity index (χ1v) is 9.93. The average molecular weight is 409 g/mol. The molecule has 2 aromatic carbocycles. The fraction of sp³-hybridized carbons (Fsp3) is 0.478. The number of fused-ring (bicyclic) bond motifs is 3. The minimum Gasteiger partial charge on any atom is -0.313 e. The summed E-state index contributed by atoms with van der Waals surface area (Å²) in [6.07, 6.45) is -2.93. The second-order valence-electron chi connectivity index (χ2n) is 8.62. The summed E-state index contributed by atoms with van der Waals surface area (Å²) in [6, 6.07) is 10.9. The second-order valence-corrected chi connectivity index (χ2v) is 8.62. The predicted octanol–water partition coefficient (Wildman–Crippen LogP) is 5.61. The van der Waals surface area contributed by atoms with Crippen LogP contribution >= 0.6 is 0 Å². The smallest absolute Gasteiger partial charge is 0.313 e. The van der Waals surface area contributed by atoms with Gasteiger partial charge in [-0.25, -0.2) is 8.78 Å². The quantitative estimate of drug-likeness (QED) is 0.650. The van der Waals surface area contributed by atoms with Gasteiger partial charge < -0.3 is 5.32 Å². The van der Waals surface area contributed by atoms with E-state index in [0.717, 1.165) is 29.7 Å². The maximum absolute atomic E-state index is 14.6. The van der Waals surface area contributed by atoms with E-state index in [0.29, 0.717) is 19.8 Å². The standard InChI is InChI=1S/C23H24F5N/c1-14-13-29-20-10-5-16-11-17(21(2,25)23(26,27)28)6-9-19(16)22(14,20)12-15-3-7-18(24)8-4-15/h3-4,6-9,11,14,20,29H,5,10,12-13H2,1-2H3/t14-,20?,21?,22?/m1/s1. The topological polar surface area (TPSA) is 12.0 Å². The number of halogens is 5. The summed E-state index contributed by atoms with van der Waals surface area (Å²) >= 11 is 0. The van der Waals surface area contributed by atoms with Crippen molar-refractivity contribution < 1.29 is 22.0 Å². The lowest BCUT2D eigenvalue weighted by molar-refractivity contribution is -0.228. The highest BCUT2D eigenvalue weighted by Gasteiger charge is 2.55. The molecule has 0 spiro atoms. The molecule has 1 aliphatic carbocycles. The van der Waals surface area contributed by atoms with Crippen molar-refractivity contribution in [3.8, 4) is 0 Å². The van der Waals surface area contributed by atoms with Crippen LogP contribution in [-0.4, -0.2) is 18.8 Å². The van der Waals surface area contributed by atoms with Gasteiger partial charge in [0, 0.05) is 11.5 Å². The number of aryl methyl sites for hydroxylation is 1. The van der Waals surface area contributed by atoms with E-state index in [1.165, 1.54) is 24.3 Å². The molecule has 0 aromatic heterocycles. The fourth-order valence-corrected chi connectivity index (χ4v) is 5.18. The molecule has 1 fully saturated rings. The van der Waals surface area contributed by atoms with Crippen LogP contribution in [0, 0.1) is 11.7 Å².